The summed E-state index contributed by atoms with van der Waals surface area (Å²) in [5.74, 6) is 0.0452. The van der Waals surface area contributed by atoms with Gasteiger partial charge in [-0.15, -0.1) is 0 Å². The minimum absolute atomic E-state index is 0.0452. The Labute approximate surface area is 89.9 Å². The van der Waals surface area contributed by atoms with Gasteiger partial charge in [0, 0.05) is 6.54 Å². The van der Waals surface area contributed by atoms with E-state index in [0.29, 0.717) is 6.54 Å². The summed E-state index contributed by atoms with van der Waals surface area (Å²) in [6, 6.07) is 9.62. The smallest absolute Gasteiger partial charge is 0.242 e. The monoisotopic (exact) mass is 204 g/mol. The van der Waals surface area contributed by atoms with Crippen molar-refractivity contribution in [2.75, 3.05) is 0 Å². The number of carbonyl (C=O) groups is 1. The van der Waals surface area contributed by atoms with Crippen LogP contribution in [0.2, 0.25) is 0 Å². The summed E-state index contributed by atoms with van der Waals surface area (Å²) in [6.45, 7) is 4.66. The average Bonchev–Trinajstić information content (AvgIpc) is 2.26. The molecule has 3 nitrogen and oxygen atoms in total. The van der Waals surface area contributed by atoms with Crippen LogP contribution in [0.25, 0.3) is 0 Å². The summed E-state index contributed by atoms with van der Waals surface area (Å²) in [5.41, 5.74) is 6.68. The normalized spacial score (nSPS) is 23.8. The largest absolute Gasteiger partial charge is 0.330 e. The molecule has 0 saturated carbocycles. The molecule has 80 valence electrons. The minimum Gasteiger partial charge on any atom is -0.330 e. The highest BCUT2D eigenvalue weighted by Crippen LogP contribution is 2.31. The van der Waals surface area contributed by atoms with E-state index in [9.17, 15) is 4.79 Å². The van der Waals surface area contributed by atoms with E-state index < -0.39 is 0 Å². The standard InChI is InChI=1S/C12H16N2O/c1-12(2)10(13)11(15)14(12)8-9-6-4-3-5-7-9/h3-7,10H,8,13H2,1-2H3/t10-/m1/s1. The molecule has 3 heteroatoms. The average molecular weight is 204 g/mol. The molecular formula is C12H16N2O. The van der Waals surface area contributed by atoms with E-state index in [-0.39, 0.29) is 17.5 Å². The molecule has 1 aromatic carbocycles. The summed E-state index contributed by atoms with van der Waals surface area (Å²) in [7, 11) is 0. The van der Waals surface area contributed by atoms with Crippen LogP contribution in [0.4, 0.5) is 0 Å². The van der Waals surface area contributed by atoms with Crippen molar-refractivity contribution in [1.29, 1.82) is 0 Å². The molecule has 2 rings (SSSR count). The van der Waals surface area contributed by atoms with E-state index in [4.69, 9.17) is 5.73 Å². The Morgan fingerprint density at radius 2 is 1.93 bits per heavy atom. The van der Waals surface area contributed by atoms with Gasteiger partial charge in [-0.2, -0.15) is 0 Å². The SMILES string of the molecule is CC1(C)[C@H](N)C(=O)N1Cc1ccccc1. The van der Waals surface area contributed by atoms with E-state index in [1.165, 1.54) is 0 Å². The van der Waals surface area contributed by atoms with E-state index in [0.717, 1.165) is 5.56 Å². The topological polar surface area (TPSA) is 46.3 Å². The Hall–Kier alpha value is -1.35. The number of nitrogens with zero attached hydrogens (tertiary/aromatic N) is 1. The molecule has 0 aromatic heterocycles. The number of likely N-dealkylation sites (tertiary alicyclic amines) is 1. The fourth-order valence-electron chi connectivity index (χ4n) is 1.90. The molecule has 1 aromatic rings. The van der Waals surface area contributed by atoms with Gasteiger partial charge in [0.2, 0.25) is 5.91 Å². The lowest BCUT2D eigenvalue weighted by atomic mass is 9.82. The molecule has 1 fully saturated rings. The van der Waals surface area contributed by atoms with Crippen molar-refractivity contribution in [3.8, 4) is 0 Å². The third-order valence-corrected chi connectivity index (χ3v) is 3.17. The molecule has 2 N–H and O–H groups in total. The van der Waals surface area contributed by atoms with Crippen LogP contribution in [0.3, 0.4) is 0 Å². The van der Waals surface area contributed by atoms with Crippen LogP contribution in [0.1, 0.15) is 19.4 Å². The van der Waals surface area contributed by atoms with Gasteiger partial charge in [-0.1, -0.05) is 30.3 Å². The Bertz CT molecular complexity index is 372. The Morgan fingerprint density at radius 3 is 2.47 bits per heavy atom. The molecule has 15 heavy (non-hydrogen) atoms. The molecular weight excluding hydrogens is 188 g/mol. The van der Waals surface area contributed by atoms with Gasteiger partial charge in [0.05, 0.1) is 5.54 Å². The molecule has 1 atom stereocenters. The van der Waals surface area contributed by atoms with E-state index in [1.54, 1.807) is 0 Å². The van der Waals surface area contributed by atoms with Gasteiger partial charge in [-0.25, -0.2) is 0 Å². The number of amides is 1. The highest BCUT2D eigenvalue weighted by atomic mass is 16.2. The maximum atomic E-state index is 11.6. The third-order valence-electron chi connectivity index (χ3n) is 3.17. The molecule has 1 heterocycles. The second kappa shape index (κ2) is 3.35. The van der Waals surface area contributed by atoms with Crippen molar-refractivity contribution < 1.29 is 4.79 Å². The molecule has 1 aliphatic heterocycles. The number of nitrogens with two attached hydrogens (primary N) is 1. The number of benzene rings is 1. The highest BCUT2D eigenvalue weighted by molar-refractivity contribution is 5.90. The van der Waals surface area contributed by atoms with Crippen LogP contribution in [0.5, 0.6) is 0 Å². The summed E-state index contributed by atoms with van der Waals surface area (Å²) in [4.78, 5) is 13.4. The number of hydrogen-bond donors (Lipinski definition) is 1. The maximum Gasteiger partial charge on any atom is 0.242 e. The van der Waals surface area contributed by atoms with Gasteiger partial charge in [0.25, 0.3) is 0 Å². The number of β-lactam (4-membered cyclic amide) rings is 1. The molecule has 0 radical (unpaired) electrons. The molecule has 1 saturated heterocycles. The summed E-state index contributed by atoms with van der Waals surface area (Å²) in [6.07, 6.45) is 0. The number of rotatable bonds is 2. The number of carbonyl (C=O) groups excluding carboxylic acids is 1. The molecule has 1 aliphatic rings. The molecule has 1 amide bonds. The lowest BCUT2D eigenvalue weighted by Gasteiger charge is -2.52. The van der Waals surface area contributed by atoms with Crippen molar-refractivity contribution in [3.63, 3.8) is 0 Å². The zero-order chi connectivity index (χ0) is 11.1. The first-order valence-corrected chi connectivity index (χ1v) is 5.14. The quantitative estimate of drug-likeness (QED) is 0.734. The first-order chi connectivity index (χ1) is 7.03. The van der Waals surface area contributed by atoms with Crippen molar-refractivity contribution in [2.45, 2.75) is 32.0 Å². The van der Waals surface area contributed by atoms with Crippen molar-refractivity contribution in [2.24, 2.45) is 5.73 Å². The van der Waals surface area contributed by atoms with Gasteiger partial charge < -0.3 is 10.6 Å². The Balaban J connectivity index is 2.11. The fraction of sp³-hybridized carbons (Fsp3) is 0.417. The zero-order valence-electron chi connectivity index (χ0n) is 9.10. The van der Waals surface area contributed by atoms with Crippen molar-refractivity contribution in [3.05, 3.63) is 35.9 Å². The van der Waals surface area contributed by atoms with Crippen LogP contribution in [-0.4, -0.2) is 22.4 Å². The molecule has 0 unspecified atom stereocenters. The first kappa shape index (κ1) is 10.2. The van der Waals surface area contributed by atoms with E-state index in [2.05, 4.69) is 0 Å². The maximum absolute atomic E-state index is 11.6. The van der Waals surface area contributed by atoms with Crippen LogP contribution in [-0.2, 0) is 11.3 Å². The van der Waals surface area contributed by atoms with Crippen LogP contribution in [0.15, 0.2) is 30.3 Å². The van der Waals surface area contributed by atoms with Gasteiger partial charge in [0.1, 0.15) is 6.04 Å². The van der Waals surface area contributed by atoms with Crippen molar-refractivity contribution in [1.82, 2.24) is 4.90 Å². The van der Waals surface area contributed by atoms with Gasteiger partial charge in [-0.3, -0.25) is 4.79 Å². The Morgan fingerprint density at radius 1 is 1.33 bits per heavy atom. The van der Waals surface area contributed by atoms with Crippen LogP contribution < -0.4 is 5.73 Å². The first-order valence-electron chi connectivity index (χ1n) is 5.14. The highest BCUT2D eigenvalue weighted by Gasteiger charge is 2.51. The fourth-order valence-corrected chi connectivity index (χ4v) is 1.90. The van der Waals surface area contributed by atoms with E-state index in [1.807, 2.05) is 49.1 Å². The second-order valence-corrected chi connectivity index (χ2v) is 4.54. The molecule has 0 spiro atoms. The molecule has 0 bridgehead atoms. The predicted octanol–water partition coefficient (Wildman–Crippen LogP) is 1.13. The third kappa shape index (κ3) is 1.53. The van der Waals surface area contributed by atoms with Gasteiger partial charge in [0.15, 0.2) is 0 Å². The predicted molar refractivity (Wildman–Crippen MR) is 59.0 cm³/mol. The second-order valence-electron chi connectivity index (χ2n) is 4.54. The summed E-state index contributed by atoms with van der Waals surface area (Å²) < 4.78 is 0. The minimum atomic E-state index is -0.346. The lowest BCUT2D eigenvalue weighted by molar-refractivity contribution is -0.159. The van der Waals surface area contributed by atoms with Gasteiger partial charge in [-0.05, 0) is 19.4 Å². The van der Waals surface area contributed by atoms with Gasteiger partial charge >= 0.3 is 0 Å². The zero-order valence-corrected chi connectivity index (χ0v) is 9.10. The van der Waals surface area contributed by atoms with Crippen molar-refractivity contribution >= 4 is 5.91 Å². The van der Waals surface area contributed by atoms with Crippen LogP contribution >= 0.6 is 0 Å². The molecule has 0 aliphatic carbocycles. The Kier molecular flexibility index (Phi) is 2.27. The van der Waals surface area contributed by atoms with E-state index >= 15 is 0 Å². The van der Waals surface area contributed by atoms with Crippen LogP contribution in [0, 0.1) is 0 Å². The summed E-state index contributed by atoms with van der Waals surface area (Å²) in [5, 5.41) is 0. The lowest BCUT2D eigenvalue weighted by Crippen LogP contribution is -2.74. The number of hydrogen-bond acceptors (Lipinski definition) is 2. The summed E-state index contributed by atoms with van der Waals surface area (Å²) >= 11 is 0.